The lowest BCUT2D eigenvalue weighted by molar-refractivity contribution is 0.0949. The molecule has 0 bridgehead atoms. The van der Waals surface area contributed by atoms with E-state index in [9.17, 15) is 13.2 Å². The van der Waals surface area contributed by atoms with Crippen molar-refractivity contribution in [1.29, 1.82) is 0 Å². The van der Waals surface area contributed by atoms with Crippen LogP contribution in [0.1, 0.15) is 32.6 Å². The third-order valence-corrected chi connectivity index (χ3v) is 5.70. The molecule has 0 aliphatic heterocycles. The van der Waals surface area contributed by atoms with Gasteiger partial charge < -0.3 is 0 Å². The van der Waals surface area contributed by atoms with Crippen molar-refractivity contribution in [3.05, 3.63) is 61.6 Å². The maximum absolute atomic E-state index is 12.0. The SMILES string of the molecule is CCc1sc(C(=O)NNS(=O)(=O)/C=C/c2ccc(Cl)cc2)cc1C. The quantitative estimate of drug-likeness (QED) is 0.748. The van der Waals surface area contributed by atoms with Crippen LogP contribution in [-0.4, -0.2) is 14.3 Å². The Labute approximate surface area is 150 Å². The van der Waals surface area contributed by atoms with Gasteiger partial charge in [-0.05, 0) is 48.7 Å². The Hall–Kier alpha value is -1.67. The van der Waals surface area contributed by atoms with E-state index in [0.717, 1.165) is 22.3 Å². The summed E-state index contributed by atoms with van der Waals surface area (Å²) < 4.78 is 23.8. The molecule has 0 aliphatic rings. The molecule has 2 rings (SSSR count). The van der Waals surface area contributed by atoms with Crippen molar-refractivity contribution >= 4 is 44.9 Å². The van der Waals surface area contributed by atoms with Gasteiger partial charge in [-0.3, -0.25) is 10.2 Å². The number of carbonyl (C=O) groups is 1. The molecular weight excluding hydrogens is 368 g/mol. The van der Waals surface area contributed by atoms with Crippen LogP contribution in [-0.2, 0) is 16.4 Å². The minimum Gasteiger partial charge on any atom is -0.273 e. The fraction of sp³-hybridized carbons (Fsp3) is 0.188. The number of aryl methyl sites for hydroxylation is 2. The van der Waals surface area contributed by atoms with Gasteiger partial charge in [-0.15, -0.1) is 16.2 Å². The van der Waals surface area contributed by atoms with Crippen LogP contribution in [0.2, 0.25) is 5.02 Å². The molecule has 0 saturated carbocycles. The van der Waals surface area contributed by atoms with Crippen molar-refractivity contribution in [2.75, 3.05) is 0 Å². The molecule has 1 aromatic carbocycles. The van der Waals surface area contributed by atoms with Crippen LogP contribution in [0.15, 0.2) is 35.7 Å². The maximum Gasteiger partial charge on any atom is 0.276 e. The molecule has 0 fully saturated rings. The van der Waals surface area contributed by atoms with E-state index < -0.39 is 15.9 Å². The fourth-order valence-electron chi connectivity index (χ4n) is 1.94. The van der Waals surface area contributed by atoms with Gasteiger partial charge in [-0.1, -0.05) is 30.7 Å². The Balaban J connectivity index is 1.98. The number of sulfonamides is 1. The van der Waals surface area contributed by atoms with Gasteiger partial charge >= 0.3 is 0 Å². The summed E-state index contributed by atoms with van der Waals surface area (Å²) in [5.74, 6) is -0.480. The molecule has 0 aliphatic carbocycles. The molecule has 24 heavy (non-hydrogen) atoms. The highest BCUT2D eigenvalue weighted by Gasteiger charge is 2.13. The number of amides is 1. The topological polar surface area (TPSA) is 75.3 Å². The minimum atomic E-state index is -3.79. The van der Waals surface area contributed by atoms with E-state index in [4.69, 9.17) is 11.6 Å². The maximum atomic E-state index is 12.0. The molecule has 1 aromatic heterocycles. The first-order valence-electron chi connectivity index (χ1n) is 7.16. The molecule has 5 nitrogen and oxygen atoms in total. The minimum absolute atomic E-state index is 0.466. The number of thiophene rings is 1. The first-order chi connectivity index (χ1) is 11.3. The molecule has 2 aromatic rings. The van der Waals surface area contributed by atoms with Crippen molar-refractivity contribution in [1.82, 2.24) is 10.3 Å². The van der Waals surface area contributed by atoms with Crippen LogP contribution in [0.3, 0.4) is 0 Å². The summed E-state index contributed by atoms with van der Waals surface area (Å²) in [6.07, 6.45) is 2.24. The summed E-state index contributed by atoms with van der Waals surface area (Å²) >= 11 is 7.12. The van der Waals surface area contributed by atoms with Crippen molar-refractivity contribution in [3.8, 4) is 0 Å². The lowest BCUT2D eigenvalue weighted by Gasteiger charge is -2.04. The summed E-state index contributed by atoms with van der Waals surface area (Å²) in [7, 11) is -3.79. The first kappa shape index (κ1) is 18.7. The lowest BCUT2D eigenvalue weighted by atomic mass is 10.2. The molecular formula is C16H17ClN2O3S2. The average molecular weight is 385 g/mol. The smallest absolute Gasteiger partial charge is 0.273 e. The molecule has 0 spiro atoms. The summed E-state index contributed by atoms with van der Waals surface area (Å²) in [5, 5.41) is 1.55. The average Bonchev–Trinajstić information content (AvgIpc) is 2.93. The number of halogens is 1. The normalized spacial score (nSPS) is 11.8. The zero-order valence-corrected chi connectivity index (χ0v) is 15.6. The zero-order chi connectivity index (χ0) is 17.7. The second-order valence-corrected chi connectivity index (χ2v) is 8.17. The second kappa shape index (κ2) is 7.94. The van der Waals surface area contributed by atoms with Gasteiger partial charge in [0.15, 0.2) is 0 Å². The Morgan fingerprint density at radius 1 is 1.29 bits per heavy atom. The highest BCUT2D eigenvalue weighted by molar-refractivity contribution is 7.92. The van der Waals surface area contributed by atoms with Crippen LogP contribution in [0.5, 0.6) is 0 Å². The molecule has 0 saturated heterocycles. The van der Waals surface area contributed by atoms with Gasteiger partial charge in [0, 0.05) is 15.3 Å². The van der Waals surface area contributed by atoms with Gasteiger partial charge in [0.2, 0.25) is 0 Å². The van der Waals surface area contributed by atoms with Gasteiger partial charge in [0.1, 0.15) is 0 Å². The second-order valence-electron chi connectivity index (χ2n) is 5.03. The summed E-state index contributed by atoms with van der Waals surface area (Å²) in [6.45, 7) is 3.93. The first-order valence-corrected chi connectivity index (χ1v) is 9.90. The van der Waals surface area contributed by atoms with Crippen LogP contribution in [0.25, 0.3) is 6.08 Å². The molecule has 8 heteroatoms. The van der Waals surface area contributed by atoms with E-state index in [0.29, 0.717) is 15.5 Å². The van der Waals surface area contributed by atoms with E-state index in [1.165, 1.54) is 17.4 Å². The van der Waals surface area contributed by atoms with E-state index in [1.54, 1.807) is 30.3 Å². The van der Waals surface area contributed by atoms with Crippen LogP contribution >= 0.6 is 22.9 Å². The summed E-state index contributed by atoms with van der Waals surface area (Å²) in [6, 6.07) is 8.44. The van der Waals surface area contributed by atoms with E-state index in [1.807, 2.05) is 13.8 Å². The van der Waals surface area contributed by atoms with E-state index >= 15 is 0 Å². The molecule has 1 heterocycles. The largest absolute Gasteiger partial charge is 0.276 e. The number of hydrazine groups is 1. The Morgan fingerprint density at radius 3 is 2.54 bits per heavy atom. The van der Waals surface area contributed by atoms with Gasteiger partial charge in [0.05, 0.1) is 4.88 Å². The van der Waals surface area contributed by atoms with Crippen LogP contribution in [0, 0.1) is 6.92 Å². The number of nitrogens with one attached hydrogen (secondary N) is 2. The van der Waals surface area contributed by atoms with Crippen molar-refractivity contribution in [2.45, 2.75) is 20.3 Å². The van der Waals surface area contributed by atoms with Crippen LogP contribution < -0.4 is 10.3 Å². The fourth-order valence-corrected chi connectivity index (χ4v) is 3.71. The lowest BCUT2D eigenvalue weighted by Crippen LogP contribution is -2.40. The molecule has 128 valence electrons. The molecule has 0 radical (unpaired) electrons. The number of hydrogen-bond donors (Lipinski definition) is 2. The van der Waals surface area contributed by atoms with Crippen molar-refractivity contribution in [2.24, 2.45) is 0 Å². The molecule has 0 unspecified atom stereocenters. The predicted molar refractivity (Wildman–Crippen MR) is 98.4 cm³/mol. The number of rotatable bonds is 6. The summed E-state index contributed by atoms with van der Waals surface area (Å²) in [4.78, 5) is 15.6. The van der Waals surface area contributed by atoms with E-state index in [2.05, 4.69) is 10.3 Å². The third-order valence-electron chi connectivity index (χ3n) is 3.18. The number of hydrogen-bond acceptors (Lipinski definition) is 4. The third kappa shape index (κ3) is 5.17. The van der Waals surface area contributed by atoms with Crippen LogP contribution in [0.4, 0.5) is 0 Å². The molecule has 0 atom stereocenters. The van der Waals surface area contributed by atoms with Gasteiger partial charge in [-0.2, -0.15) is 0 Å². The van der Waals surface area contributed by atoms with E-state index in [-0.39, 0.29) is 0 Å². The summed E-state index contributed by atoms with van der Waals surface area (Å²) in [5.41, 5.74) is 3.91. The Morgan fingerprint density at radius 2 is 1.96 bits per heavy atom. The zero-order valence-electron chi connectivity index (χ0n) is 13.2. The van der Waals surface area contributed by atoms with Crippen molar-refractivity contribution in [3.63, 3.8) is 0 Å². The Bertz CT molecular complexity index is 856. The number of benzene rings is 1. The standard InChI is InChI=1S/C16H17ClN2O3S2/c1-3-14-11(2)10-15(23-14)16(20)18-19-24(21,22)9-8-12-4-6-13(17)7-5-12/h4-10,19H,3H2,1-2H3,(H,18,20)/b9-8+. The highest BCUT2D eigenvalue weighted by atomic mass is 35.5. The van der Waals surface area contributed by atoms with Crippen molar-refractivity contribution < 1.29 is 13.2 Å². The molecule has 2 N–H and O–H groups in total. The Kier molecular flexibility index (Phi) is 6.17. The highest BCUT2D eigenvalue weighted by Crippen LogP contribution is 2.22. The monoisotopic (exact) mass is 384 g/mol. The van der Waals surface area contributed by atoms with Gasteiger partial charge in [0.25, 0.3) is 15.9 Å². The molecule has 1 amide bonds. The number of carbonyl (C=O) groups excluding carboxylic acids is 1. The predicted octanol–water partition coefficient (Wildman–Crippen LogP) is 3.51. The van der Waals surface area contributed by atoms with Gasteiger partial charge in [-0.25, -0.2) is 8.42 Å².